The highest BCUT2D eigenvalue weighted by Gasteiger charge is 2.08. The molecule has 1 heterocycles. The molecule has 0 amide bonds. The maximum atomic E-state index is 6.15. The summed E-state index contributed by atoms with van der Waals surface area (Å²) in [5, 5.41) is 1.94. The van der Waals surface area contributed by atoms with Gasteiger partial charge in [0.1, 0.15) is 0 Å². The average Bonchev–Trinajstić information content (AvgIpc) is 2.80. The molecule has 0 radical (unpaired) electrons. The van der Waals surface area contributed by atoms with E-state index in [1.165, 1.54) is 22.1 Å². The fraction of sp³-hybridized carbons (Fsp3) is 0.222. The SMILES string of the molecule is Cc1ccc(Cn2cc(CN)c3ccc(Cl)cc32)cc1C. The number of nitrogens with zero attached hydrogens (tertiary/aromatic N) is 1. The molecule has 0 saturated heterocycles. The van der Waals surface area contributed by atoms with Gasteiger partial charge in [-0.05, 0) is 48.2 Å². The van der Waals surface area contributed by atoms with E-state index in [2.05, 4.69) is 48.9 Å². The van der Waals surface area contributed by atoms with Crippen molar-refractivity contribution in [3.05, 3.63) is 69.9 Å². The van der Waals surface area contributed by atoms with Crippen molar-refractivity contribution in [3.8, 4) is 0 Å². The third-order valence-electron chi connectivity index (χ3n) is 4.07. The molecule has 0 saturated carbocycles. The summed E-state index contributed by atoms with van der Waals surface area (Å²) in [5.41, 5.74) is 12.1. The molecule has 3 rings (SSSR count). The van der Waals surface area contributed by atoms with Gasteiger partial charge in [0, 0.05) is 29.7 Å². The highest BCUT2D eigenvalue weighted by molar-refractivity contribution is 6.31. The predicted octanol–water partition coefficient (Wildman–Crippen LogP) is 4.42. The van der Waals surface area contributed by atoms with Crippen molar-refractivity contribution in [2.75, 3.05) is 0 Å². The molecule has 2 nitrogen and oxygen atoms in total. The molecule has 3 heteroatoms. The fourth-order valence-corrected chi connectivity index (χ4v) is 2.90. The van der Waals surface area contributed by atoms with Gasteiger partial charge in [-0.25, -0.2) is 0 Å². The summed E-state index contributed by atoms with van der Waals surface area (Å²) in [6.07, 6.45) is 2.14. The second-order valence-electron chi connectivity index (χ2n) is 5.57. The Balaban J connectivity index is 2.07. The summed E-state index contributed by atoms with van der Waals surface area (Å²) in [5.74, 6) is 0. The van der Waals surface area contributed by atoms with Crippen LogP contribution in [0.25, 0.3) is 10.9 Å². The Morgan fingerprint density at radius 2 is 1.86 bits per heavy atom. The molecule has 0 aliphatic rings. The number of hydrogen-bond acceptors (Lipinski definition) is 1. The van der Waals surface area contributed by atoms with E-state index in [-0.39, 0.29) is 0 Å². The lowest BCUT2D eigenvalue weighted by molar-refractivity contribution is 0.828. The van der Waals surface area contributed by atoms with Crippen molar-refractivity contribution >= 4 is 22.5 Å². The van der Waals surface area contributed by atoms with Crippen LogP contribution in [0.3, 0.4) is 0 Å². The van der Waals surface area contributed by atoms with Crippen LogP contribution in [0.15, 0.2) is 42.6 Å². The lowest BCUT2D eigenvalue weighted by Gasteiger charge is -2.08. The van der Waals surface area contributed by atoms with E-state index < -0.39 is 0 Å². The first-order valence-electron chi connectivity index (χ1n) is 7.12. The Morgan fingerprint density at radius 1 is 1.05 bits per heavy atom. The molecule has 1 aromatic heterocycles. The third-order valence-corrected chi connectivity index (χ3v) is 4.31. The van der Waals surface area contributed by atoms with E-state index >= 15 is 0 Å². The van der Waals surface area contributed by atoms with E-state index in [1.54, 1.807) is 0 Å². The van der Waals surface area contributed by atoms with Crippen LogP contribution < -0.4 is 5.73 Å². The molecule has 0 aliphatic carbocycles. The predicted molar refractivity (Wildman–Crippen MR) is 89.9 cm³/mol. The molecule has 2 aromatic carbocycles. The molecule has 0 aliphatic heterocycles. The maximum Gasteiger partial charge on any atom is 0.0501 e. The Bertz CT molecular complexity index is 802. The highest BCUT2D eigenvalue weighted by Crippen LogP contribution is 2.25. The van der Waals surface area contributed by atoms with Crippen LogP contribution in [0.4, 0.5) is 0 Å². The van der Waals surface area contributed by atoms with E-state index in [1.807, 2.05) is 12.1 Å². The number of aromatic nitrogens is 1. The van der Waals surface area contributed by atoms with E-state index in [9.17, 15) is 0 Å². The van der Waals surface area contributed by atoms with Gasteiger partial charge >= 0.3 is 0 Å². The van der Waals surface area contributed by atoms with Crippen LogP contribution in [0.1, 0.15) is 22.3 Å². The van der Waals surface area contributed by atoms with Crippen molar-refractivity contribution in [3.63, 3.8) is 0 Å². The van der Waals surface area contributed by atoms with Gasteiger partial charge in [0.05, 0.1) is 5.52 Å². The topological polar surface area (TPSA) is 30.9 Å². The number of rotatable bonds is 3. The molecule has 2 N–H and O–H groups in total. The quantitative estimate of drug-likeness (QED) is 0.762. The lowest BCUT2D eigenvalue weighted by atomic mass is 10.1. The molecule has 3 aromatic rings. The van der Waals surface area contributed by atoms with E-state index in [0.29, 0.717) is 6.54 Å². The summed E-state index contributed by atoms with van der Waals surface area (Å²) in [4.78, 5) is 0. The second-order valence-corrected chi connectivity index (χ2v) is 6.00. The average molecular weight is 299 g/mol. The minimum Gasteiger partial charge on any atom is -0.343 e. The summed E-state index contributed by atoms with van der Waals surface area (Å²) in [7, 11) is 0. The van der Waals surface area contributed by atoms with Gasteiger partial charge in [-0.2, -0.15) is 0 Å². The number of fused-ring (bicyclic) bond motifs is 1. The Labute approximate surface area is 130 Å². The van der Waals surface area contributed by atoms with Crippen LogP contribution in [-0.4, -0.2) is 4.57 Å². The van der Waals surface area contributed by atoms with Crippen LogP contribution in [0.5, 0.6) is 0 Å². The number of hydrogen-bond donors (Lipinski definition) is 1. The van der Waals surface area contributed by atoms with Crippen molar-refractivity contribution < 1.29 is 0 Å². The molecule has 0 unspecified atom stereocenters. The summed E-state index contributed by atoms with van der Waals surface area (Å²) in [6.45, 7) is 5.65. The van der Waals surface area contributed by atoms with Crippen LogP contribution in [0, 0.1) is 13.8 Å². The molecule has 0 spiro atoms. The zero-order valence-corrected chi connectivity index (χ0v) is 13.1. The van der Waals surface area contributed by atoms with Crippen molar-refractivity contribution in [1.82, 2.24) is 4.57 Å². The van der Waals surface area contributed by atoms with Gasteiger partial charge in [0.2, 0.25) is 0 Å². The van der Waals surface area contributed by atoms with Gasteiger partial charge in [-0.1, -0.05) is 35.9 Å². The Morgan fingerprint density at radius 3 is 2.57 bits per heavy atom. The smallest absolute Gasteiger partial charge is 0.0501 e. The van der Waals surface area contributed by atoms with Gasteiger partial charge in [-0.15, -0.1) is 0 Å². The van der Waals surface area contributed by atoms with Crippen molar-refractivity contribution in [1.29, 1.82) is 0 Å². The van der Waals surface area contributed by atoms with Crippen molar-refractivity contribution in [2.45, 2.75) is 26.9 Å². The zero-order valence-electron chi connectivity index (χ0n) is 12.4. The molecule has 0 fully saturated rings. The zero-order chi connectivity index (χ0) is 15.0. The molecule has 0 atom stereocenters. The monoisotopic (exact) mass is 298 g/mol. The maximum absolute atomic E-state index is 6.15. The first kappa shape index (κ1) is 14.2. The van der Waals surface area contributed by atoms with Gasteiger partial charge in [0.15, 0.2) is 0 Å². The number of halogens is 1. The lowest BCUT2D eigenvalue weighted by Crippen LogP contribution is -1.99. The molecule has 108 valence electrons. The molecule has 21 heavy (non-hydrogen) atoms. The minimum absolute atomic E-state index is 0.540. The first-order valence-corrected chi connectivity index (χ1v) is 7.50. The van der Waals surface area contributed by atoms with Gasteiger partial charge < -0.3 is 10.3 Å². The largest absolute Gasteiger partial charge is 0.343 e. The van der Waals surface area contributed by atoms with E-state index in [0.717, 1.165) is 22.6 Å². The summed E-state index contributed by atoms with van der Waals surface area (Å²) >= 11 is 6.15. The summed E-state index contributed by atoms with van der Waals surface area (Å²) < 4.78 is 2.23. The van der Waals surface area contributed by atoms with Gasteiger partial charge in [0.25, 0.3) is 0 Å². The number of aryl methyl sites for hydroxylation is 2. The van der Waals surface area contributed by atoms with Crippen LogP contribution in [0.2, 0.25) is 5.02 Å². The molecular formula is C18H19ClN2. The third kappa shape index (κ3) is 2.69. The fourth-order valence-electron chi connectivity index (χ4n) is 2.73. The van der Waals surface area contributed by atoms with Gasteiger partial charge in [-0.3, -0.25) is 0 Å². The first-order chi connectivity index (χ1) is 10.1. The standard InChI is InChI=1S/C18H19ClN2/c1-12-3-4-14(7-13(12)2)10-21-11-15(9-20)17-6-5-16(19)8-18(17)21/h3-8,11H,9-10,20H2,1-2H3. The molecule has 0 bridgehead atoms. The van der Waals surface area contributed by atoms with E-state index in [4.69, 9.17) is 17.3 Å². The van der Waals surface area contributed by atoms with Crippen molar-refractivity contribution in [2.24, 2.45) is 5.73 Å². The second kappa shape index (κ2) is 5.55. The number of benzene rings is 2. The van der Waals surface area contributed by atoms with Crippen LogP contribution >= 0.6 is 11.6 Å². The number of nitrogens with two attached hydrogens (primary N) is 1. The normalized spacial score (nSPS) is 11.2. The van der Waals surface area contributed by atoms with Crippen LogP contribution in [-0.2, 0) is 13.1 Å². The minimum atomic E-state index is 0.540. The Kier molecular flexibility index (Phi) is 3.75. The summed E-state index contributed by atoms with van der Waals surface area (Å²) in [6, 6.07) is 12.6. The highest BCUT2D eigenvalue weighted by atomic mass is 35.5. The molecular weight excluding hydrogens is 280 g/mol. The Hall–Kier alpha value is -1.77.